The Kier molecular flexibility index (Phi) is 4.66. The zero-order chi connectivity index (χ0) is 13.1. The van der Waals surface area contributed by atoms with Crippen LogP contribution in [0.5, 0.6) is 0 Å². The summed E-state index contributed by atoms with van der Waals surface area (Å²) >= 11 is 0. The van der Waals surface area contributed by atoms with Gasteiger partial charge in [-0.1, -0.05) is 13.0 Å². The summed E-state index contributed by atoms with van der Waals surface area (Å²) in [5.74, 6) is -0.197. The molecular weight excluding hydrogens is 217 g/mol. The van der Waals surface area contributed by atoms with Crippen LogP contribution in [0.2, 0.25) is 0 Å². The van der Waals surface area contributed by atoms with E-state index in [2.05, 4.69) is 11.8 Å². The first kappa shape index (κ1) is 14.1. The zero-order valence-electron chi connectivity index (χ0n) is 11.1. The molecule has 0 bridgehead atoms. The van der Waals surface area contributed by atoms with E-state index in [9.17, 15) is 9.50 Å². The van der Waals surface area contributed by atoms with Crippen molar-refractivity contribution in [1.29, 1.82) is 0 Å². The molecule has 17 heavy (non-hydrogen) atoms. The van der Waals surface area contributed by atoms with Crippen LogP contribution in [-0.2, 0) is 6.54 Å². The highest BCUT2D eigenvalue weighted by atomic mass is 19.1. The second kappa shape index (κ2) is 5.61. The Labute approximate surface area is 103 Å². The summed E-state index contributed by atoms with van der Waals surface area (Å²) in [6.45, 7) is 9.79. The molecule has 0 atom stereocenters. The van der Waals surface area contributed by atoms with Crippen LogP contribution >= 0.6 is 0 Å². The Bertz CT molecular complexity index is 371. The molecule has 0 unspecified atom stereocenters. The van der Waals surface area contributed by atoms with Gasteiger partial charge < -0.3 is 5.11 Å². The van der Waals surface area contributed by atoms with Gasteiger partial charge in [0.15, 0.2) is 0 Å². The normalized spacial score (nSPS) is 12.2. The van der Waals surface area contributed by atoms with Crippen molar-refractivity contribution in [3.8, 4) is 0 Å². The zero-order valence-corrected chi connectivity index (χ0v) is 11.1. The van der Waals surface area contributed by atoms with Gasteiger partial charge in [-0.3, -0.25) is 4.90 Å². The molecule has 2 nitrogen and oxygen atoms in total. The first-order chi connectivity index (χ1) is 7.81. The lowest BCUT2D eigenvalue weighted by Gasteiger charge is -2.28. The number of rotatable bonds is 5. The molecule has 0 aliphatic heterocycles. The van der Waals surface area contributed by atoms with Gasteiger partial charge in [0, 0.05) is 13.1 Å². The van der Waals surface area contributed by atoms with Gasteiger partial charge in [0.2, 0.25) is 0 Å². The van der Waals surface area contributed by atoms with Crippen molar-refractivity contribution in [3.63, 3.8) is 0 Å². The smallest absolute Gasteiger partial charge is 0.123 e. The monoisotopic (exact) mass is 239 g/mol. The number of nitrogens with zero attached hydrogens (tertiary/aromatic N) is 1. The molecule has 1 rings (SSSR count). The lowest BCUT2D eigenvalue weighted by Crippen LogP contribution is -2.38. The Morgan fingerprint density at radius 1 is 1.35 bits per heavy atom. The largest absolute Gasteiger partial charge is 0.389 e. The average Bonchev–Trinajstić information content (AvgIpc) is 2.19. The van der Waals surface area contributed by atoms with E-state index in [1.54, 1.807) is 19.9 Å². The summed E-state index contributed by atoms with van der Waals surface area (Å²) in [5, 5.41) is 9.81. The molecule has 1 N–H and O–H groups in total. The van der Waals surface area contributed by atoms with Crippen LogP contribution in [-0.4, -0.2) is 28.7 Å². The summed E-state index contributed by atoms with van der Waals surface area (Å²) in [7, 11) is 0. The molecule has 0 fully saturated rings. The van der Waals surface area contributed by atoms with E-state index >= 15 is 0 Å². The number of hydrogen-bond acceptors (Lipinski definition) is 2. The highest BCUT2D eigenvalue weighted by Gasteiger charge is 2.17. The maximum atomic E-state index is 13.0. The lowest BCUT2D eigenvalue weighted by molar-refractivity contribution is 0.0353. The van der Waals surface area contributed by atoms with E-state index in [-0.39, 0.29) is 5.82 Å². The van der Waals surface area contributed by atoms with Gasteiger partial charge in [-0.25, -0.2) is 4.39 Å². The number of likely N-dealkylation sites (N-methyl/N-ethyl adjacent to an activating group) is 1. The highest BCUT2D eigenvalue weighted by Crippen LogP contribution is 2.14. The predicted octanol–water partition coefficient (Wildman–Crippen LogP) is 2.73. The van der Waals surface area contributed by atoms with Crippen LogP contribution < -0.4 is 0 Å². The maximum absolute atomic E-state index is 13.0. The van der Waals surface area contributed by atoms with Crippen molar-refractivity contribution >= 4 is 0 Å². The highest BCUT2D eigenvalue weighted by molar-refractivity contribution is 5.26. The molecule has 96 valence electrons. The third-order valence-corrected chi connectivity index (χ3v) is 2.76. The van der Waals surface area contributed by atoms with Crippen molar-refractivity contribution < 1.29 is 9.50 Å². The fraction of sp³-hybridized carbons (Fsp3) is 0.571. The first-order valence-corrected chi connectivity index (χ1v) is 6.01. The number of benzene rings is 1. The Balaban J connectivity index is 2.74. The van der Waals surface area contributed by atoms with Crippen LogP contribution in [0.3, 0.4) is 0 Å². The molecule has 0 spiro atoms. The first-order valence-electron chi connectivity index (χ1n) is 6.01. The van der Waals surface area contributed by atoms with Gasteiger partial charge >= 0.3 is 0 Å². The molecule has 0 aliphatic carbocycles. The minimum absolute atomic E-state index is 0.197. The minimum atomic E-state index is -0.704. The SMILES string of the molecule is CCN(Cc1ccc(F)cc1C)CC(C)(C)O. The molecule has 0 saturated carbocycles. The molecule has 1 aromatic carbocycles. The number of halogens is 1. The van der Waals surface area contributed by atoms with Gasteiger partial charge in [0.05, 0.1) is 5.60 Å². The molecule has 3 heteroatoms. The summed E-state index contributed by atoms with van der Waals surface area (Å²) in [6, 6.07) is 4.85. The summed E-state index contributed by atoms with van der Waals surface area (Å²) in [6.07, 6.45) is 0. The number of aryl methyl sites for hydroxylation is 1. The molecule has 0 aliphatic rings. The number of hydrogen-bond donors (Lipinski definition) is 1. The van der Waals surface area contributed by atoms with E-state index in [0.29, 0.717) is 6.54 Å². The Morgan fingerprint density at radius 3 is 2.47 bits per heavy atom. The molecule has 0 amide bonds. The van der Waals surface area contributed by atoms with Gasteiger partial charge in [0.1, 0.15) is 5.82 Å². The third-order valence-electron chi connectivity index (χ3n) is 2.76. The third kappa shape index (κ3) is 4.84. The molecule has 0 saturated heterocycles. The van der Waals surface area contributed by atoms with Gasteiger partial charge in [-0.05, 0) is 50.6 Å². The van der Waals surface area contributed by atoms with Crippen LogP contribution in [0.4, 0.5) is 4.39 Å². The number of aliphatic hydroxyl groups is 1. The van der Waals surface area contributed by atoms with Gasteiger partial charge in [-0.2, -0.15) is 0 Å². The second-order valence-electron chi connectivity index (χ2n) is 5.19. The Morgan fingerprint density at radius 2 is 2.00 bits per heavy atom. The minimum Gasteiger partial charge on any atom is -0.389 e. The molecule has 0 radical (unpaired) electrons. The van der Waals surface area contributed by atoms with Crippen molar-refractivity contribution in [2.24, 2.45) is 0 Å². The predicted molar refractivity (Wildman–Crippen MR) is 68.4 cm³/mol. The summed E-state index contributed by atoms with van der Waals surface area (Å²) in [5.41, 5.74) is 1.36. The lowest BCUT2D eigenvalue weighted by atomic mass is 10.1. The molecular formula is C14H22FNO. The summed E-state index contributed by atoms with van der Waals surface area (Å²) < 4.78 is 13.0. The maximum Gasteiger partial charge on any atom is 0.123 e. The van der Waals surface area contributed by atoms with Crippen molar-refractivity contribution in [1.82, 2.24) is 4.90 Å². The molecule has 0 heterocycles. The van der Waals surface area contributed by atoms with E-state index < -0.39 is 5.60 Å². The fourth-order valence-corrected chi connectivity index (χ4v) is 1.90. The van der Waals surface area contributed by atoms with Crippen molar-refractivity contribution in [2.75, 3.05) is 13.1 Å². The molecule has 0 aromatic heterocycles. The van der Waals surface area contributed by atoms with Crippen LogP contribution in [0.1, 0.15) is 31.9 Å². The van der Waals surface area contributed by atoms with E-state index in [1.807, 2.05) is 13.0 Å². The van der Waals surface area contributed by atoms with Crippen molar-refractivity contribution in [3.05, 3.63) is 35.1 Å². The van der Waals surface area contributed by atoms with E-state index in [4.69, 9.17) is 0 Å². The van der Waals surface area contributed by atoms with Crippen LogP contribution in [0, 0.1) is 12.7 Å². The van der Waals surface area contributed by atoms with Crippen LogP contribution in [0.15, 0.2) is 18.2 Å². The van der Waals surface area contributed by atoms with E-state index in [0.717, 1.165) is 24.2 Å². The Hall–Kier alpha value is -0.930. The molecule has 1 aromatic rings. The quantitative estimate of drug-likeness (QED) is 0.854. The van der Waals surface area contributed by atoms with Gasteiger partial charge in [-0.15, -0.1) is 0 Å². The van der Waals surface area contributed by atoms with Crippen LogP contribution in [0.25, 0.3) is 0 Å². The topological polar surface area (TPSA) is 23.5 Å². The summed E-state index contributed by atoms with van der Waals surface area (Å²) in [4.78, 5) is 2.15. The van der Waals surface area contributed by atoms with Crippen molar-refractivity contribution in [2.45, 2.75) is 39.8 Å². The standard InChI is InChI=1S/C14H22FNO/c1-5-16(10-14(3,4)17)9-12-6-7-13(15)8-11(12)2/h6-8,17H,5,9-10H2,1-4H3. The van der Waals surface area contributed by atoms with E-state index in [1.165, 1.54) is 6.07 Å². The fourth-order valence-electron chi connectivity index (χ4n) is 1.90. The van der Waals surface area contributed by atoms with Gasteiger partial charge in [0.25, 0.3) is 0 Å². The second-order valence-corrected chi connectivity index (χ2v) is 5.19. The average molecular weight is 239 g/mol.